The van der Waals surface area contributed by atoms with Crippen molar-refractivity contribution in [1.82, 2.24) is 0 Å². The number of hydrogen-bond acceptors (Lipinski definition) is 1. The molecule has 5 rings (SSSR count). The molecule has 4 aromatic carbocycles. The van der Waals surface area contributed by atoms with Crippen LogP contribution in [0.4, 0.5) is 0 Å². The summed E-state index contributed by atoms with van der Waals surface area (Å²) in [4.78, 5) is 5.80. The lowest BCUT2D eigenvalue weighted by atomic mass is 9.91. The summed E-state index contributed by atoms with van der Waals surface area (Å²) in [5.74, 6) is 0. The summed E-state index contributed by atoms with van der Waals surface area (Å²) in [6, 6.07) is 26.0. The first-order valence-corrected chi connectivity index (χ1v) is 8.67. The van der Waals surface area contributed by atoms with Gasteiger partial charge in [0.1, 0.15) is 0 Å². The zero-order valence-corrected chi connectivity index (χ0v) is 14.1. The third-order valence-corrected chi connectivity index (χ3v) is 4.90. The maximum Gasteiger partial charge on any atom is 0.265 e. The van der Waals surface area contributed by atoms with Crippen LogP contribution in [-0.2, 0) is 0 Å². The smallest absolute Gasteiger partial charge is 0.265 e. The van der Waals surface area contributed by atoms with Crippen molar-refractivity contribution in [1.29, 1.82) is 0 Å². The van der Waals surface area contributed by atoms with Crippen molar-refractivity contribution in [2.24, 2.45) is 0 Å². The van der Waals surface area contributed by atoms with Gasteiger partial charge in [-0.1, -0.05) is 48.5 Å². The molecule has 0 aliphatic heterocycles. The second kappa shape index (κ2) is 5.45. The average molecular weight is 324 g/mol. The van der Waals surface area contributed by atoms with Crippen LogP contribution in [0.2, 0.25) is 0 Å². The van der Waals surface area contributed by atoms with Gasteiger partial charge in [-0.25, -0.2) is 0 Å². The molecule has 0 amide bonds. The number of rotatable bonds is 3. The lowest BCUT2D eigenvalue weighted by Gasteiger charge is -2.13. The standard InChI is InChI=1S/C23H18NO/c1-2-25-24-15-4-3-8-21(24)19-13-11-18-10-9-16-6-5-7-17-12-14-20(19)23(18)22(16)17/h3-15H,2H2,1H3/q+1. The van der Waals surface area contributed by atoms with Crippen molar-refractivity contribution in [3.05, 3.63) is 79.0 Å². The Hall–Kier alpha value is -3.13. The topological polar surface area (TPSA) is 13.1 Å². The molecule has 0 aliphatic carbocycles. The van der Waals surface area contributed by atoms with Crippen LogP contribution in [0.25, 0.3) is 43.6 Å². The molecule has 1 aromatic heterocycles. The molecule has 0 radical (unpaired) electrons. The minimum absolute atomic E-state index is 0.632. The predicted octanol–water partition coefficient (Wildman–Crippen LogP) is 4.99. The molecular weight excluding hydrogens is 306 g/mol. The Kier molecular flexibility index (Phi) is 3.10. The molecule has 0 aliphatic rings. The first-order chi connectivity index (χ1) is 12.4. The molecule has 0 bridgehead atoms. The molecule has 0 saturated heterocycles. The molecule has 2 nitrogen and oxygen atoms in total. The van der Waals surface area contributed by atoms with Crippen molar-refractivity contribution in [2.45, 2.75) is 6.92 Å². The van der Waals surface area contributed by atoms with Crippen LogP contribution in [-0.4, -0.2) is 6.61 Å². The Morgan fingerprint density at radius 2 is 1.44 bits per heavy atom. The Labute approximate surface area is 146 Å². The van der Waals surface area contributed by atoms with Gasteiger partial charge in [-0.3, -0.25) is 4.84 Å². The normalized spacial score (nSPS) is 11.6. The fourth-order valence-electron chi connectivity index (χ4n) is 3.85. The molecule has 120 valence electrons. The van der Waals surface area contributed by atoms with E-state index in [9.17, 15) is 0 Å². The van der Waals surface area contributed by atoms with Crippen LogP contribution in [0.5, 0.6) is 0 Å². The summed E-state index contributed by atoms with van der Waals surface area (Å²) in [5, 5.41) is 7.80. The number of nitrogens with zero attached hydrogens (tertiary/aromatic N) is 1. The van der Waals surface area contributed by atoms with E-state index in [-0.39, 0.29) is 0 Å². The number of hydrogen-bond donors (Lipinski definition) is 0. The summed E-state index contributed by atoms with van der Waals surface area (Å²) in [7, 11) is 0. The van der Waals surface area contributed by atoms with Crippen LogP contribution in [0.1, 0.15) is 6.92 Å². The average Bonchev–Trinajstić information content (AvgIpc) is 2.67. The molecule has 0 unspecified atom stereocenters. The number of benzene rings is 4. The Morgan fingerprint density at radius 1 is 0.720 bits per heavy atom. The maximum atomic E-state index is 5.80. The Balaban J connectivity index is 1.92. The van der Waals surface area contributed by atoms with Gasteiger partial charge in [0, 0.05) is 16.9 Å². The molecule has 2 heteroatoms. The van der Waals surface area contributed by atoms with E-state index in [0.29, 0.717) is 6.61 Å². The SMILES string of the molecule is CCO[n+]1ccccc1-c1ccc2ccc3cccc4ccc1c2c34. The first-order valence-electron chi connectivity index (χ1n) is 8.67. The van der Waals surface area contributed by atoms with Crippen LogP contribution < -0.4 is 9.57 Å². The molecule has 0 atom stereocenters. The van der Waals surface area contributed by atoms with E-state index in [0.717, 1.165) is 5.69 Å². The molecule has 5 aromatic rings. The van der Waals surface area contributed by atoms with E-state index in [4.69, 9.17) is 4.84 Å². The van der Waals surface area contributed by atoms with Crippen molar-refractivity contribution in [2.75, 3.05) is 6.61 Å². The van der Waals surface area contributed by atoms with Gasteiger partial charge in [0.05, 0.1) is 5.56 Å². The van der Waals surface area contributed by atoms with Gasteiger partial charge in [-0.2, -0.15) is 0 Å². The van der Waals surface area contributed by atoms with Gasteiger partial charge < -0.3 is 0 Å². The third-order valence-electron chi connectivity index (χ3n) is 4.90. The molecule has 0 N–H and O–H groups in total. The lowest BCUT2D eigenvalue weighted by molar-refractivity contribution is -0.882. The second-order valence-electron chi connectivity index (χ2n) is 6.30. The van der Waals surface area contributed by atoms with Gasteiger partial charge in [0.25, 0.3) is 5.69 Å². The molecule has 25 heavy (non-hydrogen) atoms. The van der Waals surface area contributed by atoms with E-state index in [1.165, 1.54) is 37.9 Å². The van der Waals surface area contributed by atoms with Crippen molar-refractivity contribution in [3.8, 4) is 11.3 Å². The van der Waals surface area contributed by atoms with E-state index >= 15 is 0 Å². The van der Waals surface area contributed by atoms with Crippen LogP contribution >= 0.6 is 0 Å². The fourth-order valence-corrected chi connectivity index (χ4v) is 3.85. The first kappa shape index (κ1) is 14.2. The molecular formula is C23H18NO+. The monoisotopic (exact) mass is 324 g/mol. The summed E-state index contributed by atoms with van der Waals surface area (Å²) < 4.78 is 1.87. The Bertz CT molecular complexity index is 1190. The van der Waals surface area contributed by atoms with Gasteiger partial charge in [-0.05, 0) is 51.4 Å². The van der Waals surface area contributed by atoms with Crippen LogP contribution in [0, 0.1) is 0 Å². The minimum Gasteiger partial charge on any atom is -0.271 e. The highest BCUT2D eigenvalue weighted by atomic mass is 16.7. The molecule has 0 fully saturated rings. The summed E-state index contributed by atoms with van der Waals surface area (Å²) in [6.07, 6.45) is 1.97. The van der Waals surface area contributed by atoms with E-state index in [2.05, 4.69) is 66.7 Å². The van der Waals surface area contributed by atoms with Crippen molar-refractivity contribution < 1.29 is 9.57 Å². The van der Waals surface area contributed by atoms with E-state index in [1.54, 1.807) is 0 Å². The van der Waals surface area contributed by atoms with Crippen molar-refractivity contribution >= 4 is 32.3 Å². The number of aromatic nitrogens is 1. The largest absolute Gasteiger partial charge is 0.271 e. The van der Waals surface area contributed by atoms with Gasteiger partial charge >= 0.3 is 0 Å². The van der Waals surface area contributed by atoms with Gasteiger partial charge in [0.15, 0.2) is 6.61 Å². The second-order valence-corrected chi connectivity index (χ2v) is 6.30. The number of pyridine rings is 1. The summed E-state index contributed by atoms with van der Waals surface area (Å²) >= 11 is 0. The fraction of sp³-hybridized carbons (Fsp3) is 0.0870. The van der Waals surface area contributed by atoms with Crippen LogP contribution in [0.3, 0.4) is 0 Å². The zero-order valence-electron chi connectivity index (χ0n) is 14.1. The maximum absolute atomic E-state index is 5.80. The highest BCUT2D eigenvalue weighted by Gasteiger charge is 2.19. The van der Waals surface area contributed by atoms with Gasteiger partial charge in [-0.15, -0.1) is 0 Å². The highest BCUT2D eigenvalue weighted by molar-refractivity contribution is 6.25. The third kappa shape index (κ3) is 2.07. The van der Waals surface area contributed by atoms with E-state index in [1.807, 2.05) is 23.9 Å². The van der Waals surface area contributed by atoms with Crippen molar-refractivity contribution in [3.63, 3.8) is 0 Å². The molecule has 0 saturated carbocycles. The van der Waals surface area contributed by atoms with E-state index < -0.39 is 0 Å². The highest BCUT2D eigenvalue weighted by Crippen LogP contribution is 2.38. The van der Waals surface area contributed by atoms with Crippen LogP contribution in [0.15, 0.2) is 79.0 Å². The quantitative estimate of drug-likeness (QED) is 0.337. The zero-order chi connectivity index (χ0) is 16.8. The lowest BCUT2D eigenvalue weighted by Crippen LogP contribution is -2.44. The Morgan fingerprint density at radius 3 is 2.24 bits per heavy atom. The molecule has 1 heterocycles. The summed E-state index contributed by atoms with van der Waals surface area (Å²) in [6.45, 7) is 2.64. The van der Waals surface area contributed by atoms with Gasteiger partial charge in [0.2, 0.25) is 6.20 Å². The summed E-state index contributed by atoms with van der Waals surface area (Å²) in [5.41, 5.74) is 2.27. The predicted molar refractivity (Wildman–Crippen MR) is 103 cm³/mol. The minimum atomic E-state index is 0.632. The molecule has 0 spiro atoms.